The maximum Gasteiger partial charge on any atom is 0.328 e. The van der Waals surface area contributed by atoms with Crippen LogP contribution in [0.3, 0.4) is 0 Å². The van der Waals surface area contributed by atoms with Gasteiger partial charge in [-0.25, -0.2) is 4.79 Å². The standard InChI is InChI=1S/C11H12N2O2S/c1-2-13-10(14)7-8(12-11(13)15)6-9-4-3-5-16-9/h3-5,7H,2,6H2,1H3,(H,12,15). The molecule has 0 radical (unpaired) electrons. The lowest BCUT2D eigenvalue weighted by atomic mass is 10.2. The molecule has 0 amide bonds. The number of rotatable bonds is 3. The third-order valence-corrected chi connectivity index (χ3v) is 3.21. The SMILES string of the molecule is CCn1c(=O)cc(Cc2cccs2)[nH]c1=O. The van der Waals surface area contributed by atoms with Crippen LogP contribution in [-0.4, -0.2) is 9.55 Å². The number of hydrogen-bond donors (Lipinski definition) is 1. The summed E-state index contributed by atoms with van der Waals surface area (Å²) in [6.45, 7) is 2.17. The first-order valence-corrected chi connectivity index (χ1v) is 5.94. The van der Waals surface area contributed by atoms with Crippen LogP contribution in [0.25, 0.3) is 0 Å². The quantitative estimate of drug-likeness (QED) is 0.870. The van der Waals surface area contributed by atoms with E-state index < -0.39 is 0 Å². The second-order valence-corrected chi connectivity index (χ2v) is 4.47. The number of H-pyrrole nitrogens is 1. The molecule has 0 spiro atoms. The van der Waals surface area contributed by atoms with Crippen molar-refractivity contribution in [1.29, 1.82) is 0 Å². The largest absolute Gasteiger partial charge is 0.328 e. The van der Waals surface area contributed by atoms with Crippen LogP contribution in [0.5, 0.6) is 0 Å². The number of hydrogen-bond acceptors (Lipinski definition) is 3. The van der Waals surface area contributed by atoms with Gasteiger partial charge in [0, 0.05) is 29.6 Å². The Kier molecular flexibility index (Phi) is 3.05. The van der Waals surface area contributed by atoms with Gasteiger partial charge in [-0.3, -0.25) is 9.36 Å². The third kappa shape index (κ3) is 2.14. The van der Waals surface area contributed by atoms with Crippen LogP contribution < -0.4 is 11.2 Å². The zero-order valence-corrected chi connectivity index (χ0v) is 9.71. The van der Waals surface area contributed by atoms with Crippen LogP contribution in [0.15, 0.2) is 33.2 Å². The van der Waals surface area contributed by atoms with Gasteiger partial charge in [-0.2, -0.15) is 0 Å². The van der Waals surface area contributed by atoms with Crippen LogP contribution >= 0.6 is 11.3 Å². The van der Waals surface area contributed by atoms with Crippen molar-refractivity contribution in [2.24, 2.45) is 0 Å². The lowest BCUT2D eigenvalue weighted by molar-refractivity contribution is 0.665. The molecule has 4 nitrogen and oxygen atoms in total. The lowest BCUT2D eigenvalue weighted by Crippen LogP contribution is -2.34. The molecule has 0 aliphatic heterocycles. The Hall–Kier alpha value is -1.62. The van der Waals surface area contributed by atoms with Gasteiger partial charge in [0.15, 0.2) is 0 Å². The Balaban J connectivity index is 2.38. The van der Waals surface area contributed by atoms with Crippen molar-refractivity contribution < 1.29 is 0 Å². The van der Waals surface area contributed by atoms with Gasteiger partial charge in [-0.1, -0.05) is 6.07 Å². The predicted molar refractivity (Wildman–Crippen MR) is 64.1 cm³/mol. The minimum absolute atomic E-state index is 0.238. The minimum atomic E-state index is -0.332. The average Bonchev–Trinajstić information content (AvgIpc) is 2.70. The maximum atomic E-state index is 11.6. The summed E-state index contributed by atoms with van der Waals surface area (Å²) >= 11 is 1.61. The molecule has 2 aromatic rings. The molecule has 2 rings (SSSR count). The summed E-state index contributed by atoms with van der Waals surface area (Å²) in [4.78, 5) is 26.9. The molecule has 0 saturated heterocycles. The second-order valence-electron chi connectivity index (χ2n) is 3.44. The number of thiophene rings is 1. The molecule has 2 heterocycles. The first-order valence-electron chi connectivity index (χ1n) is 5.06. The van der Waals surface area contributed by atoms with Crippen molar-refractivity contribution in [3.63, 3.8) is 0 Å². The molecule has 16 heavy (non-hydrogen) atoms. The van der Waals surface area contributed by atoms with E-state index in [0.29, 0.717) is 18.7 Å². The Morgan fingerprint density at radius 1 is 1.44 bits per heavy atom. The fourth-order valence-electron chi connectivity index (χ4n) is 1.56. The highest BCUT2D eigenvalue weighted by Crippen LogP contribution is 2.11. The second kappa shape index (κ2) is 4.49. The van der Waals surface area contributed by atoms with E-state index in [1.165, 1.54) is 10.6 Å². The molecule has 0 saturated carbocycles. The Morgan fingerprint density at radius 2 is 2.25 bits per heavy atom. The topological polar surface area (TPSA) is 54.9 Å². The molecule has 84 valence electrons. The van der Waals surface area contributed by atoms with Crippen LogP contribution in [0.4, 0.5) is 0 Å². The normalized spacial score (nSPS) is 10.6. The molecule has 1 N–H and O–H groups in total. The molecular formula is C11H12N2O2S. The van der Waals surface area contributed by atoms with E-state index in [9.17, 15) is 9.59 Å². The highest BCUT2D eigenvalue weighted by atomic mass is 32.1. The number of aromatic nitrogens is 2. The molecule has 2 aromatic heterocycles. The lowest BCUT2D eigenvalue weighted by Gasteiger charge is -2.02. The van der Waals surface area contributed by atoms with E-state index in [-0.39, 0.29) is 11.2 Å². The predicted octanol–water partition coefficient (Wildman–Crippen LogP) is 1.21. The molecule has 0 aliphatic rings. The molecule has 0 aromatic carbocycles. The summed E-state index contributed by atoms with van der Waals surface area (Å²) in [6.07, 6.45) is 0.604. The van der Waals surface area contributed by atoms with Gasteiger partial charge in [0.2, 0.25) is 0 Å². The summed E-state index contributed by atoms with van der Waals surface area (Å²) in [6, 6.07) is 5.42. The number of nitrogens with one attached hydrogen (secondary N) is 1. The number of aromatic amines is 1. The average molecular weight is 236 g/mol. The highest BCUT2D eigenvalue weighted by Gasteiger charge is 2.03. The summed E-state index contributed by atoms with van der Waals surface area (Å²) in [7, 11) is 0. The molecule has 0 fully saturated rings. The van der Waals surface area contributed by atoms with Crippen molar-refractivity contribution in [1.82, 2.24) is 9.55 Å². The van der Waals surface area contributed by atoms with Gasteiger partial charge in [0.05, 0.1) is 0 Å². The van der Waals surface area contributed by atoms with E-state index in [4.69, 9.17) is 0 Å². The van der Waals surface area contributed by atoms with Crippen molar-refractivity contribution in [2.75, 3.05) is 0 Å². The van der Waals surface area contributed by atoms with Crippen molar-refractivity contribution in [2.45, 2.75) is 19.9 Å². The Labute approximate surface area is 96.2 Å². The van der Waals surface area contributed by atoms with Crippen LogP contribution in [0.2, 0.25) is 0 Å². The number of nitrogens with zero attached hydrogens (tertiary/aromatic N) is 1. The fraction of sp³-hybridized carbons (Fsp3) is 0.273. The zero-order chi connectivity index (χ0) is 11.5. The summed E-state index contributed by atoms with van der Waals surface area (Å²) in [5.74, 6) is 0. The van der Waals surface area contributed by atoms with Gasteiger partial charge in [0.1, 0.15) is 0 Å². The monoisotopic (exact) mass is 236 g/mol. The molecule has 0 atom stereocenters. The van der Waals surface area contributed by atoms with E-state index in [2.05, 4.69) is 4.98 Å². The summed E-state index contributed by atoms with van der Waals surface area (Å²) in [5, 5.41) is 1.97. The Bertz CT molecular complexity index is 550. The summed E-state index contributed by atoms with van der Waals surface area (Å²) in [5.41, 5.74) is 0.0986. The van der Waals surface area contributed by atoms with Gasteiger partial charge < -0.3 is 4.98 Å². The molecular weight excluding hydrogens is 224 g/mol. The summed E-state index contributed by atoms with van der Waals surface area (Å²) < 4.78 is 1.18. The first-order chi connectivity index (χ1) is 7.70. The van der Waals surface area contributed by atoms with Crippen molar-refractivity contribution in [3.8, 4) is 0 Å². The molecule has 5 heteroatoms. The molecule has 0 bridgehead atoms. The van der Waals surface area contributed by atoms with Gasteiger partial charge in [-0.15, -0.1) is 11.3 Å². The Morgan fingerprint density at radius 3 is 2.81 bits per heavy atom. The fourth-order valence-corrected chi connectivity index (χ4v) is 2.29. The van der Waals surface area contributed by atoms with E-state index in [1.807, 2.05) is 17.5 Å². The van der Waals surface area contributed by atoms with Crippen LogP contribution in [0.1, 0.15) is 17.5 Å². The maximum absolute atomic E-state index is 11.6. The zero-order valence-electron chi connectivity index (χ0n) is 8.90. The highest BCUT2D eigenvalue weighted by molar-refractivity contribution is 7.09. The van der Waals surface area contributed by atoms with Gasteiger partial charge in [0.25, 0.3) is 5.56 Å². The van der Waals surface area contributed by atoms with Crippen LogP contribution in [-0.2, 0) is 13.0 Å². The smallest absolute Gasteiger partial charge is 0.311 e. The third-order valence-electron chi connectivity index (χ3n) is 2.34. The van der Waals surface area contributed by atoms with Gasteiger partial charge >= 0.3 is 5.69 Å². The van der Waals surface area contributed by atoms with E-state index in [1.54, 1.807) is 18.3 Å². The molecule has 0 aliphatic carbocycles. The first kappa shape index (κ1) is 10.9. The van der Waals surface area contributed by atoms with Gasteiger partial charge in [-0.05, 0) is 18.4 Å². The van der Waals surface area contributed by atoms with Crippen molar-refractivity contribution >= 4 is 11.3 Å². The van der Waals surface area contributed by atoms with Crippen LogP contribution in [0, 0.1) is 0 Å². The van der Waals surface area contributed by atoms with E-state index in [0.717, 1.165) is 4.88 Å². The van der Waals surface area contributed by atoms with Crippen molar-refractivity contribution in [3.05, 3.63) is 55.0 Å². The minimum Gasteiger partial charge on any atom is -0.311 e. The van der Waals surface area contributed by atoms with E-state index >= 15 is 0 Å². The molecule has 0 unspecified atom stereocenters.